The molecule has 0 aliphatic carbocycles. The van der Waals surface area contributed by atoms with Crippen LogP contribution in [0.5, 0.6) is 0 Å². The Labute approximate surface area is 112 Å². The number of hydrogen-bond donors (Lipinski definition) is 0. The van der Waals surface area contributed by atoms with Crippen LogP contribution in [0.1, 0.15) is 13.8 Å². The molecule has 0 aromatic heterocycles. The molecule has 0 radical (unpaired) electrons. The number of esters is 1. The van der Waals surface area contributed by atoms with E-state index in [4.69, 9.17) is 27.3 Å². The first kappa shape index (κ1) is 13.4. The maximum absolute atomic E-state index is 12.0. The number of methoxy groups -OCH3 is 1. The Morgan fingerprint density at radius 2 is 2.11 bits per heavy atom. The lowest BCUT2D eigenvalue weighted by atomic mass is 10.1. The lowest BCUT2D eigenvalue weighted by Gasteiger charge is -2.28. The van der Waals surface area contributed by atoms with Crippen molar-refractivity contribution in [3.8, 4) is 0 Å². The summed E-state index contributed by atoms with van der Waals surface area (Å²) in [5, 5.41) is 0. The van der Waals surface area contributed by atoms with Crippen molar-refractivity contribution < 1.29 is 36.3 Å². The van der Waals surface area contributed by atoms with Crippen LogP contribution in [0.15, 0.2) is 0 Å². The second-order valence-corrected chi connectivity index (χ2v) is 5.74. The minimum absolute atomic E-state index is 0.0275. The van der Waals surface area contributed by atoms with E-state index in [0.717, 1.165) is 0 Å². The van der Waals surface area contributed by atoms with E-state index in [2.05, 4.69) is 0 Å². The SMILES string of the molecule is COC(=O)[C@@]12O[C@H]3COS(=O)O[C@H]3[C@@H]1OC(C)(C)O2. The third kappa shape index (κ3) is 1.92. The van der Waals surface area contributed by atoms with Gasteiger partial charge < -0.3 is 18.9 Å². The van der Waals surface area contributed by atoms with Crippen molar-refractivity contribution in [3.05, 3.63) is 0 Å². The van der Waals surface area contributed by atoms with Crippen molar-refractivity contribution in [1.82, 2.24) is 0 Å². The van der Waals surface area contributed by atoms with Gasteiger partial charge in [0.15, 0.2) is 11.9 Å². The van der Waals surface area contributed by atoms with E-state index in [-0.39, 0.29) is 6.61 Å². The highest BCUT2D eigenvalue weighted by Gasteiger charge is 2.71. The number of rotatable bonds is 1. The summed E-state index contributed by atoms with van der Waals surface area (Å²) in [6.45, 7) is 3.31. The van der Waals surface area contributed by atoms with Crippen LogP contribution >= 0.6 is 0 Å². The summed E-state index contributed by atoms with van der Waals surface area (Å²) in [7, 11) is 1.23. The van der Waals surface area contributed by atoms with Gasteiger partial charge in [-0.15, -0.1) is 0 Å². The molecule has 0 bridgehead atoms. The highest BCUT2D eigenvalue weighted by molar-refractivity contribution is 7.75. The Kier molecular flexibility index (Phi) is 2.97. The lowest BCUT2D eigenvalue weighted by molar-refractivity contribution is -0.267. The van der Waals surface area contributed by atoms with Gasteiger partial charge in [-0.25, -0.2) is 4.79 Å². The normalized spacial score (nSPS) is 47.5. The van der Waals surface area contributed by atoms with Crippen LogP contribution < -0.4 is 0 Å². The molecular weight excluding hydrogens is 280 g/mol. The molecular formula is C10H14O8S. The van der Waals surface area contributed by atoms with Crippen molar-refractivity contribution in [2.45, 2.75) is 43.7 Å². The summed E-state index contributed by atoms with van der Waals surface area (Å²) < 4.78 is 42.8. The van der Waals surface area contributed by atoms with Crippen LogP contribution in [0.3, 0.4) is 0 Å². The number of fused-ring (bicyclic) bond motifs is 3. The fraction of sp³-hybridized carbons (Fsp3) is 0.900. The van der Waals surface area contributed by atoms with Gasteiger partial charge in [0.25, 0.3) is 0 Å². The molecule has 3 saturated heterocycles. The third-order valence-corrected chi connectivity index (χ3v) is 3.87. The largest absolute Gasteiger partial charge is 0.465 e. The number of carbonyl (C=O) groups is 1. The minimum Gasteiger partial charge on any atom is -0.465 e. The van der Waals surface area contributed by atoms with Crippen LogP contribution in [0.4, 0.5) is 0 Å². The zero-order chi connectivity index (χ0) is 13.8. The maximum Gasteiger partial charge on any atom is 0.369 e. The molecule has 1 unspecified atom stereocenters. The quantitative estimate of drug-likeness (QED) is 0.592. The van der Waals surface area contributed by atoms with E-state index in [1.807, 2.05) is 0 Å². The summed E-state index contributed by atoms with van der Waals surface area (Å²) in [6.07, 6.45) is -2.17. The van der Waals surface area contributed by atoms with E-state index in [0.29, 0.717) is 0 Å². The van der Waals surface area contributed by atoms with Crippen LogP contribution in [0.25, 0.3) is 0 Å². The van der Waals surface area contributed by atoms with Gasteiger partial charge in [-0.1, -0.05) is 0 Å². The van der Waals surface area contributed by atoms with Crippen LogP contribution in [-0.2, 0) is 43.5 Å². The molecule has 108 valence electrons. The lowest BCUT2D eigenvalue weighted by Crippen LogP contribution is -2.49. The molecule has 3 rings (SSSR count). The third-order valence-electron chi connectivity index (χ3n) is 3.16. The first-order valence-electron chi connectivity index (χ1n) is 5.74. The number of ether oxygens (including phenoxy) is 4. The molecule has 0 aromatic rings. The smallest absolute Gasteiger partial charge is 0.369 e. The standard InChI is InChI=1S/C10H14O8S/c1-9(2)16-7-6-5(4-14-19(12)17-6)15-10(7,18-9)8(11)13-3/h5-7H,4H2,1-3H3/t5-,6+,7-,10+,19?/m0/s1. The Bertz CT molecular complexity index is 437. The van der Waals surface area contributed by atoms with Crippen molar-refractivity contribution in [2.75, 3.05) is 13.7 Å². The Balaban J connectivity index is 1.96. The highest BCUT2D eigenvalue weighted by Crippen LogP contribution is 2.48. The molecule has 0 amide bonds. The predicted molar refractivity (Wildman–Crippen MR) is 58.6 cm³/mol. The summed E-state index contributed by atoms with van der Waals surface area (Å²) in [5.74, 6) is -3.45. The van der Waals surface area contributed by atoms with E-state index in [1.165, 1.54) is 7.11 Å². The second kappa shape index (κ2) is 4.21. The van der Waals surface area contributed by atoms with E-state index in [9.17, 15) is 9.00 Å². The monoisotopic (exact) mass is 294 g/mol. The summed E-state index contributed by atoms with van der Waals surface area (Å²) in [5.41, 5.74) is 0. The zero-order valence-corrected chi connectivity index (χ0v) is 11.4. The summed E-state index contributed by atoms with van der Waals surface area (Å²) >= 11 is -1.89. The fourth-order valence-corrected chi connectivity index (χ4v) is 3.23. The average molecular weight is 294 g/mol. The molecule has 0 aromatic carbocycles. The van der Waals surface area contributed by atoms with Crippen LogP contribution in [0, 0.1) is 0 Å². The predicted octanol–water partition coefficient (Wildman–Crippen LogP) is -0.600. The van der Waals surface area contributed by atoms with Gasteiger partial charge in [-0.2, -0.15) is 4.21 Å². The van der Waals surface area contributed by atoms with Crippen molar-refractivity contribution in [3.63, 3.8) is 0 Å². The van der Waals surface area contributed by atoms with Gasteiger partial charge in [-0.05, 0) is 13.8 Å². The van der Waals surface area contributed by atoms with Crippen molar-refractivity contribution >= 4 is 17.3 Å². The molecule has 3 aliphatic rings. The second-order valence-electron chi connectivity index (χ2n) is 4.91. The Morgan fingerprint density at radius 3 is 2.79 bits per heavy atom. The molecule has 0 saturated carbocycles. The number of carbonyl (C=O) groups excluding carboxylic acids is 1. The number of hydrogen-bond acceptors (Lipinski definition) is 8. The van der Waals surface area contributed by atoms with Gasteiger partial charge in [0.1, 0.15) is 12.2 Å². The van der Waals surface area contributed by atoms with Gasteiger partial charge >= 0.3 is 23.1 Å². The molecule has 9 heteroatoms. The van der Waals surface area contributed by atoms with Crippen LogP contribution in [-0.4, -0.2) is 53.8 Å². The molecule has 8 nitrogen and oxygen atoms in total. The van der Waals surface area contributed by atoms with Gasteiger partial charge in [0.05, 0.1) is 13.7 Å². The van der Waals surface area contributed by atoms with Crippen molar-refractivity contribution in [2.24, 2.45) is 0 Å². The molecule has 0 N–H and O–H groups in total. The fourth-order valence-electron chi connectivity index (χ4n) is 2.52. The molecule has 19 heavy (non-hydrogen) atoms. The zero-order valence-electron chi connectivity index (χ0n) is 10.6. The van der Waals surface area contributed by atoms with Gasteiger partial charge in [-0.3, -0.25) is 8.37 Å². The van der Waals surface area contributed by atoms with Gasteiger partial charge in [0, 0.05) is 0 Å². The first-order valence-corrected chi connectivity index (χ1v) is 6.74. The molecule has 5 atom stereocenters. The Hall–Kier alpha value is -0.580. The first-order chi connectivity index (χ1) is 8.88. The molecule has 3 aliphatic heterocycles. The minimum atomic E-state index is -1.89. The van der Waals surface area contributed by atoms with E-state index >= 15 is 0 Å². The van der Waals surface area contributed by atoms with Crippen molar-refractivity contribution in [1.29, 1.82) is 0 Å². The average Bonchev–Trinajstić information content (AvgIpc) is 2.77. The van der Waals surface area contributed by atoms with Crippen LogP contribution in [0.2, 0.25) is 0 Å². The molecule has 3 fully saturated rings. The summed E-state index contributed by atoms with van der Waals surface area (Å²) in [6, 6.07) is 0. The Morgan fingerprint density at radius 1 is 1.37 bits per heavy atom. The van der Waals surface area contributed by atoms with E-state index in [1.54, 1.807) is 13.8 Å². The maximum atomic E-state index is 12.0. The van der Waals surface area contributed by atoms with Gasteiger partial charge in [0.2, 0.25) is 0 Å². The van der Waals surface area contributed by atoms with E-state index < -0.39 is 47.2 Å². The molecule has 3 heterocycles. The highest BCUT2D eigenvalue weighted by atomic mass is 32.2. The molecule has 0 spiro atoms. The summed E-state index contributed by atoms with van der Waals surface area (Å²) in [4.78, 5) is 12.0. The topological polar surface area (TPSA) is 89.5 Å².